The third-order valence-corrected chi connectivity index (χ3v) is 6.45. The van der Waals surface area contributed by atoms with Crippen molar-refractivity contribution >= 4 is 11.8 Å². The van der Waals surface area contributed by atoms with Crippen LogP contribution in [0.25, 0.3) is 0 Å². The zero-order valence-corrected chi connectivity index (χ0v) is 18.8. The molecular formula is C24H37N3O3. The van der Waals surface area contributed by atoms with Crippen LogP contribution in [0.3, 0.4) is 0 Å². The zero-order valence-electron chi connectivity index (χ0n) is 18.8. The van der Waals surface area contributed by atoms with Crippen LogP contribution >= 0.6 is 0 Å². The molecule has 1 saturated heterocycles. The second kappa shape index (κ2) is 10.8. The van der Waals surface area contributed by atoms with Crippen molar-refractivity contribution in [2.75, 3.05) is 32.8 Å². The van der Waals surface area contributed by atoms with Crippen molar-refractivity contribution in [1.29, 1.82) is 0 Å². The summed E-state index contributed by atoms with van der Waals surface area (Å²) >= 11 is 0. The summed E-state index contributed by atoms with van der Waals surface area (Å²) in [5, 5.41) is 3.10. The van der Waals surface area contributed by atoms with E-state index in [4.69, 9.17) is 4.74 Å². The van der Waals surface area contributed by atoms with Crippen LogP contribution in [0.2, 0.25) is 0 Å². The molecule has 2 amide bonds. The van der Waals surface area contributed by atoms with Gasteiger partial charge in [0.1, 0.15) is 12.4 Å². The molecule has 1 aromatic rings. The van der Waals surface area contributed by atoms with Crippen molar-refractivity contribution in [1.82, 2.24) is 15.1 Å². The Labute approximate surface area is 180 Å². The van der Waals surface area contributed by atoms with E-state index in [-0.39, 0.29) is 11.8 Å². The van der Waals surface area contributed by atoms with Gasteiger partial charge < -0.3 is 19.9 Å². The van der Waals surface area contributed by atoms with Crippen LogP contribution in [-0.4, -0.2) is 60.4 Å². The number of carbonyl (C=O) groups is 2. The normalized spacial score (nSPS) is 17.9. The highest BCUT2D eigenvalue weighted by Crippen LogP contribution is 2.25. The Morgan fingerprint density at radius 2 is 1.97 bits per heavy atom. The maximum atomic E-state index is 12.3. The molecule has 0 aliphatic carbocycles. The topological polar surface area (TPSA) is 61.9 Å². The predicted octanol–water partition coefficient (Wildman–Crippen LogP) is 2.99. The molecule has 0 spiro atoms. The maximum Gasteiger partial charge on any atom is 0.220 e. The molecule has 0 atom stereocenters. The first-order valence-electron chi connectivity index (χ1n) is 11.4. The van der Waals surface area contributed by atoms with E-state index in [0.29, 0.717) is 38.6 Å². The van der Waals surface area contributed by atoms with Gasteiger partial charge in [0.25, 0.3) is 0 Å². The number of carbonyl (C=O) groups excluding carboxylic acids is 2. The third kappa shape index (κ3) is 6.46. The fourth-order valence-electron chi connectivity index (χ4n) is 4.39. The monoisotopic (exact) mass is 415 g/mol. The molecule has 2 heterocycles. The first-order chi connectivity index (χ1) is 14.4. The Morgan fingerprint density at radius 3 is 2.67 bits per heavy atom. The summed E-state index contributed by atoms with van der Waals surface area (Å²) in [6.07, 6.45) is 4.74. The number of nitrogens with zero attached hydrogens (tertiary/aromatic N) is 2. The Bertz CT molecular complexity index is 726. The minimum Gasteiger partial charge on any atom is -0.491 e. The van der Waals surface area contributed by atoms with E-state index >= 15 is 0 Å². The second-order valence-electron chi connectivity index (χ2n) is 8.94. The SMILES string of the molecule is CC(=O)N1CCOc2ccc(CCC(=O)NCCC3CCN(C(C)C)CC3)cc2C1. The molecule has 1 N–H and O–H groups in total. The highest BCUT2D eigenvalue weighted by Gasteiger charge is 2.21. The van der Waals surface area contributed by atoms with Gasteiger partial charge >= 0.3 is 0 Å². The molecule has 1 aromatic carbocycles. The number of rotatable bonds is 7. The van der Waals surface area contributed by atoms with Crippen molar-refractivity contribution in [3.8, 4) is 5.75 Å². The van der Waals surface area contributed by atoms with Crippen LogP contribution in [-0.2, 0) is 22.6 Å². The molecule has 2 aliphatic heterocycles. The van der Waals surface area contributed by atoms with Gasteiger partial charge in [0.05, 0.1) is 6.54 Å². The molecule has 1 fully saturated rings. The predicted molar refractivity (Wildman–Crippen MR) is 118 cm³/mol. The van der Waals surface area contributed by atoms with Gasteiger partial charge in [-0.3, -0.25) is 9.59 Å². The van der Waals surface area contributed by atoms with Crippen LogP contribution < -0.4 is 10.1 Å². The van der Waals surface area contributed by atoms with E-state index in [2.05, 4.69) is 30.1 Å². The van der Waals surface area contributed by atoms with Gasteiger partial charge in [-0.05, 0) is 70.2 Å². The molecule has 0 aromatic heterocycles. The van der Waals surface area contributed by atoms with Crippen LogP contribution in [0.15, 0.2) is 18.2 Å². The summed E-state index contributed by atoms with van der Waals surface area (Å²) in [6.45, 7) is 10.9. The smallest absolute Gasteiger partial charge is 0.220 e. The van der Waals surface area contributed by atoms with E-state index in [1.54, 1.807) is 11.8 Å². The summed E-state index contributed by atoms with van der Waals surface area (Å²) in [5.74, 6) is 1.75. The van der Waals surface area contributed by atoms with Gasteiger partial charge in [-0.2, -0.15) is 0 Å². The van der Waals surface area contributed by atoms with Gasteiger partial charge in [0, 0.05) is 38.0 Å². The molecule has 0 unspecified atom stereocenters. The van der Waals surface area contributed by atoms with Gasteiger partial charge in [0.2, 0.25) is 11.8 Å². The standard InChI is InChI=1S/C24H37N3O3/c1-18(2)26-12-9-20(10-13-26)8-11-25-24(29)7-5-21-4-6-23-22(16-21)17-27(19(3)28)14-15-30-23/h4,6,16,18,20H,5,7-15,17H2,1-3H3,(H,25,29). The van der Waals surface area contributed by atoms with Crippen LogP contribution in [0.1, 0.15) is 57.6 Å². The number of likely N-dealkylation sites (tertiary alicyclic amines) is 1. The van der Waals surface area contributed by atoms with Crippen molar-refractivity contribution in [3.05, 3.63) is 29.3 Å². The molecule has 6 heteroatoms. The van der Waals surface area contributed by atoms with E-state index in [0.717, 1.165) is 35.8 Å². The lowest BCUT2D eigenvalue weighted by Crippen LogP contribution is -2.39. The molecule has 0 radical (unpaired) electrons. The number of aryl methyl sites for hydroxylation is 1. The zero-order chi connectivity index (χ0) is 21.5. The highest BCUT2D eigenvalue weighted by atomic mass is 16.5. The van der Waals surface area contributed by atoms with Crippen molar-refractivity contribution in [3.63, 3.8) is 0 Å². The number of fused-ring (bicyclic) bond motifs is 1. The van der Waals surface area contributed by atoms with Crippen LogP contribution in [0.5, 0.6) is 5.75 Å². The lowest BCUT2D eigenvalue weighted by Gasteiger charge is -2.34. The summed E-state index contributed by atoms with van der Waals surface area (Å²) in [5.41, 5.74) is 2.13. The molecule has 30 heavy (non-hydrogen) atoms. The second-order valence-corrected chi connectivity index (χ2v) is 8.94. The summed E-state index contributed by atoms with van der Waals surface area (Å²) in [7, 11) is 0. The number of amides is 2. The first-order valence-corrected chi connectivity index (χ1v) is 11.4. The van der Waals surface area contributed by atoms with Gasteiger partial charge in [-0.25, -0.2) is 0 Å². The number of nitrogens with one attached hydrogen (secondary N) is 1. The molecule has 2 aliphatic rings. The minimum atomic E-state index is 0.0612. The summed E-state index contributed by atoms with van der Waals surface area (Å²) in [6, 6.07) is 6.70. The lowest BCUT2D eigenvalue weighted by molar-refractivity contribution is -0.129. The van der Waals surface area contributed by atoms with Crippen molar-refractivity contribution in [2.45, 2.75) is 65.5 Å². The number of hydrogen-bond acceptors (Lipinski definition) is 4. The Morgan fingerprint density at radius 1 is 1.20 bits per heavy atom. The van der Waals surface area contributed by atoms with Crippen LogP contribution in [0.4, 0.5) is 0 Å². The average molecular weight is 416 g/mol. The number of piperidine rings is 1. The average Bonchev–Trinajstić information content (AvgIpc) is 2.95. The maximum absolute atomic E-state index is 12.3. The molecular weight excluding hydrogens is 378 g/mol. The number of hydrogen-bond donors (Lipinski definition) is 1. The third-order valence-electron chi connectivity index (χ3n) is 6.45. The Hall–Kier alpha value is -2.08. The highest BCUT2D eigenvalue weighted by molar-refractivity contribution is 5.76. The molecule has 0 bridgehead atoms. The molecule has 3 rings (SSSR count). The van der Waals surface area contributed by atoms with E-state index in [1.165, 1.54) is 25.9 Å². The van der Waals surface area contributed by atoms with E-state index < -0.39 is 0 Å². The number of benzene rings is 1. The summed E-state index contributed by atoms with van der Waals surface area (Å²) in [4.78, 5) is 28.4. The van der Waals surface area contributed by atoms with E-state index in [1.807, 2.05) is 12.1 Å². The van der Waals surface area contributed by atoms with E-state index in [9.17, 15) is 9.59 Å². The molecule has 166 valence electrons. The molecule has 6 nitrogen and oxygen atoms in total. The van der Waals surface area contributed by atoms with Gasteiger partial charge in [-0.15, -0.1) is 0 Å². The summed E-state index contributed by atoms with van der Waals surface area (Å²) < 4.78 is 5.76. The fraction of sp³-hybridized carbons (Fsp3) is 0.667. The Balaban J connectivity index is 1.39. The van der Waals surface area contributed by atoms with Gasteiger partial charge in [0.15, 0.2) is 0 Å². The first kappa shape index (κ1) is 22.6. The fourth-order valence-corrected chi connectivity index (χ4v) is 4.39. The largest absolute Gasteiger partial charge is 0.491 e. The quantitative estimate of drug-likeness (QED) is 0.744. The lowest BCUT2D eigenvalue weighted by atomic mass is 9.93. The molecule has 0 saturated carbocycles. The Kier molecular flexibility index (Phi) is 8.14. The van der Waals surface area contributed by atoms with Gasteiger partial charge in [-0.1, -0.05) is 12.1 Å². The van der Waals surface area contributed by atoms with Crippen LogP contribution in [0, 0.1) is 5.92 Å². The minimum absolute atomic E-state index is 0.0612. The van der Waals surface area contributed by atoms with Crippen molar-refractivity contribution in [2.24, 2.45) is 5.92 Å². The van der Waals surface area contributed by atoms with Crippen molar-refractivity contribution < 1.29 is 14.3 Å². The number of ether oxygens (including phenoxy) is 1.